The third-order valence-electron chi connectivity index (χ3n) is 5.99. The van der Waals surface area contributed by atoms with Crippen molar-refractivity contribution in [1.82, 2.24) is 20.2 Å². The highest BCUT2D eigenvalue weighted by Crippen LogP contribution is 2.32. The number of aryl methyl sites for hydroxylation is 1. The maximum atomic E-state index is 12.6. The number of benzene rings is 3. The van der Waals surface area contributed by atoms with Crippen LogP contribution in [0.4, 0.5) is 0 Å². The van der Waals surface area contributed by atoms with Gasteiger partial charge in [0.1, 0.15) is 5.69 Å². The fraction of sp³-hybridized carbons (Fsp3) is 0.148. The molecule has 2 aromatic heterocycles. The number of methoxy groups -OCH3 is 2. The predicted molar refractivity (Wildman–Crippen MR) is 137 cm³/mol. The molecule has 0 fully saturated rings. The Morgan fingerprint density at radius 3 is 2.60 bits per heavy atom. The summed E-state index contributed by atoms with van der Waals surface area (Å²) in [5, 5.41) is 13.5. The van der Waals surface area contributed by atoms with E-state index in [1.807, 2.05) is 18.2 Å². The lowest BCUT2D eigenvalue weighted by Gasteiger charge is -2.08. The van der Waals surface area contributed by atoms with Crippen molar-refractivity contribution in [2.24, 2.45) is 5.10 Å². The SMILES string of the molecule is CCn1c2ccccc2c2cc(/C=N/NC(=O)c3cc(-c4ccc(OC)c(OC)c4)n[nH]3)ccc21. The van der Waals surface area contributed by atoms with E-state index < -0.39 is 0 Å². The molecule has 0 aliphatic heterocycles. The molecule has 0 bridgehead atoms. The van der Waals surface area contributed by atoms with E-state index in [-0.39, 0.29) is 5.91 Å². The van der Waals surface area contributed by atoms with Gasteiger partial charge in [0.05, 0.1) is 26.1 Å². The van der Waals surface area contributed by atoms with E-state index in [1.54, 1.807) is 38.6 Å². The fourth-order valence-corrected chi connectivity index (χ4v) is 4.30. The van der Waals surface area contributed by atoms with Crippen molar-refractivity contribution >= 4 is 33.9 Å². The summed E-state index contributed by atoms with van der Waals surface area (Å²) in [4.78, 5) is 12.6. The summed E-state index contributed by atoms with van der Waals surface area (Å²) in [5.74, 6) is 0.823. The molecule has 0 radical (unpaired) electrons. The minimum Gasteiger partial charge on any atom is -0.493 e. The highest BCUT2D eigenvalue weighted by atomic mass is 16.5. The zero-order valence-electron chi connectivity index (χ0n) is 19.7. The smallest absolute Gasteiger partial charge is 0.289 e. The molecule has 0 aliphatic rings. The minimum atomic E-state index is -0.385. The number of ether oxygens (including phenoxy) is 2. The third-order valence-corrected chi connectivity index (χ3v) is 5.99. The third kappa shape index (κ3) is 4.10. The molecule has 0 saturated heterocycles. The van der Waals surface area contributed by atoms with Crippen molar-refractivity contribution in [3.8, 4) is 22.8 Å². The van der Waals surface area contributed by atoms with E-state index >= 15 is 0 Å². The summed E-state index contributed by atoms with van der Waals surface area (Å²) < 4.78 is 12.9. The van der Waals surface area contributed by atoms with Crippen LogP contribution in [0.1, 0.15) is 23.0 Å². The van der Waals surface area contributed by atoms with Crippen LogP contribution in [-0.4, -0.2) is 41.1 Å². The second-order valence-corrected chi connectivity index (χ2v) is 7.97. The molecule has 5 rings (SSSR count). The summed E-state index contributed by atoms with van der Waals surface area (Å²) >= 11 is 0. The van der Waals surface area contributed by atoms with Gasteiger partial charge in [-0.3, -0.25) is 9.89 Å². The lowest BCUT2D eigenvalue weighted by atomic mass is 10.1. The lowest BCUT2D eigenvalue weighted by molar-refractivity contribution is 0.0950. The maximum absolute atomic E-state index is 12.6. The van der Waals surface area contributed by atoms with Gasteiger partial charge < -0.3 is 14.0 Å². The Kier molecular flexibility index (Phi) is 5.93. The number of aromatic nitrogens is 3. The molecule has 0 saturated carbocycles. The fourth-order valence-electron chi connectivity index (χ4n) is 4.30. The van der Waals surface area contributed by atoms with Crippen LogP contribution in [0.3, 0.4) is 0 Å². The Morgan fingerprint density at radius 1 is 1.00 bits per heavy atom. The highest BCUT2D eigenvalue weighted by molar-refractivity contribution is 6.09. The number of hydrazone groups is 1. The van der Waals surface area contributed by atoms with Crippen LogP contribution in [0.2, 0.25) is 0 Å². The largest absolute Gasteiger partial charge is 0.493 e. The first kappa shape index (κ1) is 22.2. The number of aromatic amines is 1. The van der Waals surface area contributed by atoms with Crippen molar-refractivity contribution in [3.63, 3.8) is 0 Å². The van der Waals surface area contributed by atoms with Gasteiger partial charge in [-0.05, 0) is 55.0 Å². The summed E-state index contributed by atoms with van der Waals surface area (Å²) in [5.41, 5.74) is 7.54. The average Bonchev–Trinajstić information content (AvgIpc) is 3.51. The van der Waals surface area contributed by atoms with Gasteiger partial charge in [-0.1, -0.05) is 24.3 Å². The van der Waals surface area contributed by atoms with E-state index in [0.717, 1.165) is 23.1 Å². The highest BCUT2D eigenvalue weighted by Gasteiger charge is 2.13. The molecular weight excluding hydrogens is 442 g/mol. The summed E-state index contributed by atoms with van der Waals surface area (Å²) in [6.07, 6.45) is 1.64. The molecule has 5 aromatic rings. The van der Waals surface area contributed by atoms with Crippen molar-refractivity contribution in [2.75, 3.05) is 14.2 Å². The van der Waals surface area contributed by atoms with Crippen molar-refractivity contribution in [1.29, 1.82) is 0 Å². The molecule has 2 N–H and O–H groups in total. The van der Waals surface area contributed by atoms with Gasteiger partial charge >= 0.3 is 0 Å². The number of para-hydroxylation sites is 1. The number of nitrogens with one attached hydrogen (secondary N) is 2. The van der Waals surface area contributed by atoms with Gasteiger partial charge in [0.25, 0.3) is 5.91 Å². The second kappa shape index (κ2) is 9.34. The van der Waals surface area contributed by atoms with Crippen molar-refractivity contribution < 1.29 is 14.3 Å². The minimum absolute atomic E-state index is 0.299. The second-order valence-electron chi connectivity index (χ2n) is 7.97. The van der Waals surface area contributed by atoms with E-state index in [2.05, 4.69) is 62.5 Å². The standard InChI is InChI=1S/C27H25N5O3/c1-4-32-23-8-6-5-7-19(23)20-13-17(9-11-24(20)32)16-28-31-27(33)22-15-21(29-30-22)18-10-12-25(34-2)26(14-18)35-3/h5-16H,4H2,1-3H3,(H,29,30)(H,31,33)/b28-16+. The number of hydrogen-bond acceptors (Lipinski definition) is 5. The Hall–Kier alpha value is -4.59. The topological polar surface area (TPSA) is 93.5 Å². The first-order valence-corrected chi connectivity index (χ1v) is 11.2. The normalized spacial score (nSPS) is 11.4. The van der Waals surface area contributed by atoms with Gasteiger partial charge in [0, 0.05) is 33.9 Å². The van der Waals surface area contributed by atoms with Crippen molar-refractivity contribution in [2.45, 2.75) is 13.5 Å². The quantitative estimate of drug-likeness (QED) is 0.261. The number of rotatable bonds is 7. The van der Waals surface area contributed by atoms with E-state index in [1.165, 1.54) is 16.4 Å². The van der Waals surface area contributed by atoms with Gasteiger partial charge in [-0.15, -0.1) is 0 Å². The molecule has 1 amide bonds. The lowest BCUT2D eigenvalue weighted by Crippen LogP contribution is -2.18. The number of hydrogen-bond donors (Lipinski definition) is 2. The van der Waals surface area contributed by atoms with E-state index in [4.69, 9.17) is 9.47 Å². The number of H-pyrrole nitrogens is 1. The number of fused-ring (bicyclic) bond motifs is 3. The molecule has 0 atom stereocenters. The molecule has 176 valence electrons. The Balaban J connectivity index is 1.33. The molecule has 3 aromatic carbocycles. The van der Waals surface area contributed by atoms with Crippen LogP contribution in [0.5, 0.6) is 11.5 Å². The van der Waals surface area contributed by atoms with Crippen LogP contribution in [0.15, 0.2) is 71.8 Å². The van der Waals surface area contributed by atoms with Gasteiger partial charge in [-0.2, -0.15) is 10.2 Å². The zero-order chi connectivity index (χ0) is 24.4. The number of nitrogens with zero attached hydrogens (tertiary/aromatic N) is 3. The van der Waals surface area contributed by atoms with Crippen LogP contribution < -0.4 is 14.9 Å². The molecule has 0 aliphatic carbocycles. The summed E-state index contributed by atoms with van der Waals surface area (Å²) in [6.45, 7) is 3.03. The summed E-state index contributed by atoms with van der Waals surface area (Å²) in [7, 11) is 3.15. The summed E-state index contributed by atoms with van der Waals surface area (Å²) in [6, 6.07) is 21.6. The van der Waals surface area contributed by atoms with Crippen molar-refractivity contribution in [3.05, 3.63) is 78.0 Å². The van der Waals surface area contributed by atoms with Crippen LogP contribution >= 0.6 is 0 Å². The monoisotopic (exact) mass is 467 g/mol. The molecule has 35 heavy (non-hydrogen) atoms. The number of amides is 1. The van der Waals surface area contributed by atoms with Gasteiger partial charge in [0.15, 0.2) is 11.5 Å². The molecule has 8 heteroatoms. The maximum Gasteiger partial charge on any atom is 0.289 e. The molecule has 2 heterocycles. The van der Waals surface area contributed by atoms with Crippen LogP contribution in [0, 0.1) is 0 Å². The Labute approximate surface area is 202 Å². The number of carbonyl (C=O) groups is 1. The Morgan fingerprint density at radius 2 is 1.80 bits per heavy atom. The number of carbonyl (C=O) groups excluding carboxylic acids is 1. The molecule has 0 unspecified atom stereocenters. The first-order chi connectivity index (χ1) is 17.1. The van der Waals surface area contributed by atoms with Gasteiger partial charge in [-0.25, -0.2) is 5.43 Å². The predicted octanol–water partition coefficient (Wildman–Crippen LogP) is 4.99. The zero-order valence-corrected chi connectivity index (χ0v) is 19.7. The Bertz CT molecular complexity index is 1560. The first-order valence-electron chi connectivity index (χ1n) is 11.2. The van der Waals surface area contributed by atoms with Gasteiger partial charge in [0.2, 0.25) is 0 Å². The van der Waals surface area contributed by atoms with E-state index in [9.17, 15) is 4.79 Å². The van der Waals surface area contributed by atoms with E-state index in [0.29, 0.717) is 22.9 Å². The molecular formula is C27H25N5O3. The van der Waals surface area contributed by atoms with Crippen LogP contribution in [-0.2, 0) is 6.54 Å². The molecule has 0 spiro atoms. The average molecular weight is 468 g/mol. The van der Waals surface area contributed by atoms with Crippen LogP contribution in [0.25, 0.3) is 33.1 Å². The molecule has 8 nitrogen and oxygen atoms in total.